The predicted octanol–water partition coefficient (Wildman–Crippen LogP) is 16.7. The maximum Gasteiger partial charge on any atom is 0.0462 e. The van der Waals surface area contributed by atoms with Crippen LogP contribution in [0.5, 0.6) is 0 Å². The van der Waals surface area contributed by atoms with Crippen molar-refractivity contribution in [3.05, 3.63) is 291 Å². The minimum absolute atomic E-state index is 0.840. The van der Waals surface area contributed by atoms with E-state index < -0.39 is 0 Å². The number of allylic oxidation sites excluding steroid dienone is 8. The maximum atomic E-state index is 4.51. The highest BCUT2D eigenvalue weighted by atomic mass is 15.1. The van der Waals surface area contributed by atoms with Crippen molar-refractivity contribution >= 4 is 34.0 Å². The number of para-hydroxylation sites is 1. The standard InChI is InChI=1S/C60H48N2/c1-4-5-18-55(45-61(56-25-16-9-17-26-56)57-37-31-52(32-38-57)49-19-10-6-11-20-49)47(3)28-27-46(2)48-29-39-58(40-30-48)62(59-41-33-53(34-42-59)50-21-12-7-13-22-50)60-43-35-54(36-44-60)51-23-14-8-15-24-51/h4-45H,1-3H2/b18-5-,28-27-,55-45-. The quantitative estimate of drug-likeness (QED) is 0.0954. The first-order chi connectivity index (χ1) is 30.5. The topological polar surface area (TPSA) is 6.48 Å². The molecule has 8 rings (SSSR count). The lowest BCUT2D eigenvalue weighted by Gasteiger charge is -2.26. The summed E-state index contributed by atoms with van der Waals surface area (Å²) in [6.07, 6.45) is 12.0. The molecule has 0 fully saturated rings. The van der Waals surface area contributed by atoms with E-state index in [9.17, 15) is 0 Å². The fourth-order valence-corrected chi connectivity index (χ4v) is 7.41. The average Bonchev–Trinajstić information content (AvgIpc) is 3.35. The highest BCUT2D eigenvalue weighted by Gasteiger charge is 2.14. The van der Waals surface area contributed by atoms with Gasteiger partial charge in [0.1, 0.15) is 0 Å². The van der Waals surface area contributed by atoms with Gasteiger partial charge in [0, 0.05) is 34.6 Å². The zero-order valence-corrected chi connectivity index (χ0v) is 34.8. The second-order valence-electron chi connectivity index (χ2n) is 14.9. The molecule has 2 heteroatoms. The number of rotatable bonds is 15. The van der Waals surface area contributed by atoms with Gasteiger partial charge in [-0.05, 0) is 116 Å². The van der Waals surface area contributed by atoms with Gasteiger partial charge in [0.2, 0.25) is 0 Å². The van der Waals surface area contributed by atoms with Gasteiger partial charge in [-0.15, -0.1) is 0 Å². The van der Waals surface area contributed by atoms with Crippen molar-refractivity contribution in [3.8, 4) is 33.4 Å². The molecule has 0 spiro atoms. The van der Waals surface area contributed by atoms with Crippen LogP contribution in [0.2, 0.25) is 0 Å². The summed E-state index contributed by atoms with van der Waals surface area (Å²) in [5, 5.41) is 0. The second-order valence-corrected chi connectivity index (χ2v) is 14.9. The van der Waals surface area contributed by atoms with Crippen LogP contribution in [0, 0.1) is 0 Å². The number of benzene rings is 8. The highest BCUT2D eigenvalue weighted by Crippen LogP contribution is 2.38. The molecule has 0 aliphatic rings. The third kappa shape index (κ3) is 9.80. The molecule has 8 aromatic rings. The van der Waals surface area contributed by atoms with Gasteiger partial charge in [-0.1, -0.05) is 208 Å². The van der Waals surface area contributed by atoms with Gasteiger partial charge >= 0.3 is 0 Å². The summed E-state index contributed by atoms with van der Waals surface area (Å²) < 4.78 is 0. The largest absolute Gasteiger partial charge is 0.317 e. The highest BCUT2D eigenvalue weighted by molar-refractivity contribution is 5.82. The molecule has 0 aliphatic carbocycles. The molecule has 0 unspecified atom stereocenters. The Morgan fingerprint density at radius 2 is 0.710 bits per heavy atom. The first-order valence-corrected chi connectivity index (χ1v) is 20.8. The fourth-order valence-electron chi connectivity index (χ4n) is 7.41. The van der Waals surface area contributed by atoms with E-state index in [-0.39, 0.29) is 0 Å². The van der Waals surface area contributed by atoms with Crippen molar-refractivity contribution < 1.29 is 0 Å². The smallest absolute Gasteiger partial charge is 0.0462 e. The van der Waals surface area contributed by atoms with Crippen LogP contribution in [0.4, 0.5) is 28.4 Å². The van der Waals surface area contributed by atoms with E-state index in [0.717, 1.165) is 50.7 Å². The summed E-state index contributed by atoms with van der Waals surface area (Å²) in [6, 6.07) is 76.6. The Balaban J connectivity index is 1.05. The van der Waals surface area contributed by atoms with Crippen LogP contribution in [0.3, 0.4) is 0 Å². The Morgan fingerprint density at radius 3 is 1.13 bits per heavy atom. The number of anilines is 5. The van der Waals surface area contributed by atoms with Crippen molar-refractivity contribution in [1.29, 1.82) is 0 Å². The molecule has 0 atom stereocenters. The predicted molar refractivity (Wildman–Crippen MR) is 267 cm³/mol. The summed E-state index contributed by atoms with van der Waals surface area (Å²) in [7, 11) is 0. The van der Waals surface area contributed by atoms with Crippen LogP contribution < -0.4 is 9.80 Å². The van der Waals surface area contributed by atoms with Crippen LogP contribution in [-0.4, -0.2) is 0 Å². The van der Waals surface area contributed by atoms with Gasteiger partial charge in [0.15, 0.2) is 0 Å². The van der Waals surface area contributed by atoms with E-state index in [0.29, 0.717) is 0 Å². The van der Waals surface area contributed by atoms with Gasteiger partial charge < -0.3 is 9.80 Å². The molecule has 8 aromatic carbocycles. The van der Waals surface area contributed by atoms with Crippen molar-refractivity contribution in [2.75, 3.05) is 9.80 Å². The van der Waals surface area contributed by atoms with E-state index in [1.54, 1.807) is 6.08 Å². The Hall–Kier alpha value is -8.20. The van der Waals surface area contributed by atoms with Crippen LogP contribution in [0.25, 0.3) is 39.0 Å². The summed E-state index contributed by atoms with van der Waals surface area (Å²) in [6.45, 7) is 12.9. The second kappa shape index (κ2) is 19.7. The molecule has 0 N–H and O–H groups in total. The molecule has 0 saturated heterocycles. The molecule has 0 aromatic heterocycles. The lowest BCUT2D eigenvalue weighted by Crippen LogP contribution is -2.10. The SMILES string of the molecule is C=C/C=C\C(=C\N(c1ccccc1)c1ccc(-c2ccccc2)cc1)C(=C)/C=C\C(=C)c1ccc(N(c2ccc(-c3ccccc3)cc2)c2ccc(-c3ccccc3)cc2)cc1. The molecule has 0 radical (unpaired) electrons. The van der Waals surface area contributed by atoms with Crippen LogP contribution >= 0.6 is 0 Å². The first-order valence-electron chi connectivity index (χ1n) is 20.8. The van der Waals surface area contributed by atoms with Crippen molar-refractivity contribution in [2.45, 2.75) is 0 Å². The zero-order valence-electron chi connectivity index (χ0n) is 34.8. The lowest BCUT2D eigenvalue weighted by molar-refractivity contribution is 1.26. The summed E-state index contributed by atoms with van der Waals surface area (Å²) in [5.41, 5.74) is 16.0. The molecular weight excluding hydrogens is 749 g/mol. The molecule has 62 heavy (non-hydrogen) atoms. The van der Waals surface area contributed by atoms with Crippen molar-refractivity contribution in [2.24, 2.45) is 0 Å². The molecule has 0 bridgehead atoms. The van der Waals surface area contributed by atoms with Gasteiger partial charge in [-0.3, -0.25) is 0 Å². The minimum Gasteiger partial charge on any atom is -0.317 e. The summed E-state index contributed by atoms with van der Waals surface area (Å²) in [4.78, 5) is 4.49. The Labute approximate surface area is 367 Å². The molecule has 2 nitrogen and oxygen atoms in total. The van der Waals surface area contributed by atoms with Crippen LogP contribution in [0.15, 0.2) is 286 Å². The Morgan fingerprint density at radius 1 is 0.355 bits per heavy atom. The van der Waals surface area contributed by atoms with Crippen molar-refractivity contribution in [3.63, 3.8) is 0 Å². The van der Waals surface area contributed by atoms with E-state index >= 15 is 0 Å². The summed E-state index contributed by atoms with van der Waals surface area (Å²) >= 11 is 0. The monoisotopic (exact) mass is 796 g/mol. The molecule has 298 valence electrons. The van der Waals surface area contributed by atoms with Crippen LogP contribution in [0.1, 0.15) is 5.56 Å². The first kappa shape index (κ1) is 40.6. The number of nitrogens with zero attached hydrogens (tertiary/aromatic N) is 2. The van der Waals surface area contributed by atoms with Gasteiger partial charge in [-0.2, -0.15) is 0 Å². The zero-order chi connectivity index (χ0) is 42.5. The maximum absolute atomic E-state index is 4.51. The third-order valence-corrected chi connectivity index (χ3v) is 10.8. The van der Waals surface area contributed by atoms with Crippen LogP contribution in [-0.2, 0) is 0 Å². The van der Waals surface area contributed by atoms with E-state index in [4.69, 9.17) is 0 Å². The number of hydrogen-bond acceptors (Lipinski definition) is 2. The molecule has 0 heterocycles. The van der Waals surface area contributed by atoms with Crippen molar-refractivity contribution in [1.82, 2.24) is 0 Å². The molecule has 0 aliphatic heterocycles. The van der Waals surface area contributed by atoms with Gasteiger partial charge in [-0.25, -0.2) is 0 Å². The molecule has 0 amide bonds. The Kier molecular flexibility index (Phi) is 12.9. The van der Waals surface area contributed by atoms with E-state index in [1.165, 1.54) is 33.4 Å². The lowest BCUT2D eigenvalue weighted by atomic mass is 10.0. The van der Waals surface area contributed by atoms with E-state index in [1.807, 2.05) is 48.6 Å². The summed E-state index contributed by atoms with van der Waals surface area (Å²) in [5.74, 6) is 0. The minimum atomic E-state index is 0.840. The van der Waals surface area contributed by atoms with Gasteiger partial charge in [0.05, 0.1) is 0 Å². The van der Waals surface area contributed by atoms with E-state index in [2.05, 4.69) is 230 Å². The third-order valence-electron chi connectivity index (χ3n) is 10.8. The molecular formula is C60H48N2. The normalized spacial score (nSPS) is 11.4. The number of hydrogen-bond donors (Lipinski definition) is 0. The molecule has 0 saturated carbocycles. The van der Waals surface area contributed by atoms with Gasteiger partial charge in [0.25, 0.3) is 0 Å². The Bertz CT molecular complexity index is 2730. The average molecular weight is 797 g/mol. The fraction of sp³-hybridized carbons (Fsp3) is 0.